The molecule has 2 saturated carbocycles. The SMILES string of the molecule is CC(C)C(=O)c1sc(NC2CC2C)c(C2CC2)c1N. The van der Waals surface area contributed by atoms with Crippen molar-refractivity contribution in [1.82, 2.24) is 0 Å². The minimum absolute atomic E-state index is 0.0145. The first kappa shape index (κ1) is 13.0. The summed E-state index contributed by atoms with van der Waals surface area (Å²) in [7, 11) is 0. The normalized spacial score (nSPS) is 25.7. The van der Waals surface area contributed by atoms with Crippen molar-refractivity contribution in [2.75, 3.05) is 11.1 Å². The predicted molar refractivity (Wildman–Crippen MR) is 81.1 cm³/mol. The smallest absolute Gasteiger partial charge is 0.177 e. The molecule has 0 saturated heterocycles. The quantitative estimate of drug-likeness (QED) is 0.804. The highest BCUT2D eigenvalue weighted by molar-refractivity contribution is 7.18. The van der Waals surface area contributed by atoms with Crippen molar-refractivity contribution in [2.45, 2.75) is 52.0 Å². The minimum atomic E-state index is 0.0145. The number of carbonyl (C=O) groups is 1. The molecular weight excluding hydrogens is 256 g/mol. The molecule has 1 heterocycles. The lowest BCUT2D eigenvalue weighted by Gasteiger charge is -2.06. The van der Waals surface area contributed by atoms with E-state index >= 15 is 0 Å². The Balaban J connectivity index is 1.93. The van der Waals surface area contributed by atoms with Gasteiger partial charge in [0.1, 0.15) is 0 Å². The van der Waals surface area contributed by atoms with Gasteiger partial charge in [-0.15, -0.1) is 11.3 Å². The van der Waals surface area contributed by atoms with Crippen molar-refractivity contribution in [3.05, 3.63) is 10.4 Å². The Kier molecular flexibility index (Phi) is 3.08. The molecule has 1 aromatic rings. The van der Waals surface area contributed by atoms with Crippen molar-refractivity contribution >= 4 is 27.8 Å². The zero-order valence-electron chi connectivity index (χ0n) is 11.8. The van der Waals surface area contributed by atoms with Crippen molar-refractivity contribution in [1.29, 1.82) is 0 Å². The summed E-state index contributed by atoms with van der Waals surface area (Å²) in [6.45, 7) is 6.13. The number of nitrogens with one attached hydrogen (secondary N) is 1. The highest BCUT2D eigenvalue weighted by Gasteiger charge is 2.37. The Morgan fingerprint density at radius 2 is 2.05 bits per heavy atom. The molecule has 0 aliphatic heterocycles. The number of Topliss-reactive ketones (excluding diaryl/α,β-unsaturated/α-hetero) is 1. The van der Waals surface area contributed by atoms with Gasteiger partial charge in [-0.25, -0.2) is 0 Å². The second-order valence-corrected chi connectivity index (χ2v) is 7.37. The number of carbonyl (C=O) groups excluding carboxylic acids is 1. The molecule has 0 spiro atoms. The molecule has 3 N–H and O–H groups in total. The maximum atomic E-state index is 12.2. The fraction of sp³-hybridized carbons (Fsp3) is 0.667. The summed E-state index contributed by atoms with van der Waals surface area (Å²) < 4.78 is 0. The van der Waals surface area contributed by atoms with E-state index in [4.69, 9.17) is 5.73 Å². The summed E-state index contributed by atoms with van der Waals surface area (Å²) in [4.78, 5) is 13.0. The van der Waals surface area contributed by atoms with E-state index in [1.807, 2.05) is 13.8 Å². The fourth-order valence-electron chi connectivity index (χ4n) is 2.48. The average molecular weight is 278 g/mol. The molecule has 104 valence electrons. The van der Waals surface area contributed by atoms with Crippen LogP contribution < -0.4 is 11.1 Å². The van der Waals surface area contributed by atoms with Crippen LogP contribution in [0.25, 0.3) is 0 Å². The Hall–Kier alpha value is -1.03. The lowest BCUT2D eigenvalue weighted by atomic mass is 10.0. The van der Waals surface area contributed by atoms with Crippen LogP contribution in [0.3, 0.4) is 0 Å². The van der Waals surface area contributed by atoms with E-state index in [1.54, 1.807) is 11.3 Å². The maximum Gasteiger partial charge on any atom is 0.177 e. The monoisotopic (exact) mass is 278 g/mol. The van der Waals surface area contributed by atoms with E-state index < -0.39 is 0 Å². The first-order valence-electron chi connectivity index (χ1n) is 7.22. The van der Waals surface area contributed by atoms with Crippen molar-refractivity contribution in [3.8, 4) is 0 Å². The van der Waals surface area contributed by atoms with Crippen LogP contribution >= 0.6 is 11.3 Å². The van der Waals surface area contributed by atoms with Crippen LogP contribution in [0.15, 0.2) is 0 Å². The molecule has 2 fully saturated rings. The third kappa shape index (κ3) is 2.38. The standard InChI is InChI=1S/C15H22N2OS/c1-7(2)13(18)14-12(16)11(9-4-5-9)15(19-14)17-10-6-8(10)3/h7-10,17H,4-6,16H2,1-3H3. The molecule has 2 atom stereocenters. The van der Waals surface area contributed by atoms with Gasteiger partial charge in [0.05, 0.1) is 15.6 Å². The van der Waals surface area contributed by atoms with Gasteiger partial charge in [0, 0.05) is 17.5 Å². The predicted octanol–water partition coefficient (Wildman–Crippen LogP) is 3.87. The number of hydrogen-bond donors (Lipinski definition) is 2. The number of nitrogen functional groups attached to an aromatic ring is 1. The average Bonchev–Trinajstić information content (AvgIpc) is 3.25. The largest absolute Gasteiger partial charge is 0.397 e. The van der Waals surface area contributed by atoms with Crippen LogP contribution in [-0.4, -0.2) is 11.8 Å². The van der Waals surface area contributed by atoms with Gasteiger partial charge >= 0.3 is 0 Å². The van der Waals surface area contributed by atoms with Crippen LogP contribution in [0.2, 0.25) is 0 Å². The summed E-state index contributed by atoms with van der Waals surface area (Å²) in [6.07, 6.45) is 3.66. The molecule has 2 aliphatic rings. The Morgan fingerprint density at radius 1 is 1.42 bits per heavy atom. The molecule has 0 aromatic carbocycles. The summed E-state index contributed by atoms with van der Waals surface area (Å²) in [5.74, 6) is 1.53. The van der Waals surface area contributed by atoms with Gasteiger partial charge in [0.25, 0.3) is 0 Å². The highest BCUT2D eigenvalue weighted by atomic mass is 32.1. The fourth-order valence-corrected chi connectivity index (χ4v) is 3.84. The summed E-state index contributed by atoms with van der Waals surface area (Å²) in [5, 5.41) is 4.76. The Labute approximate surface area is 118 Å². The zero-order valence-corrected chi connectivity index (χ0v) is 12.6. The minimum Gasteiger partial charge on any atom is -0.397 e. The molecule has 0 amide bonds. The number of ketones is 1. The molecule has 3 rings (SSSR count). The van der Waals surface area contributed by atoms with Crippen LogP contribution in [0.1, 0.15) is 61.2 Å². The molecule has 2 aliphatic carbocycles. The van der Waals surface area contributed by atoms with E-state index in [-0.39, 0.29) is 11.7 Å². The maximum absolute atomic E-state index is 12.2. The molecule has 0 bridgehead atoms. The number of thiophene rings is 1. The molecule has 19 heavy (non-hydrogen) atoms. The van der Waals surface area contributed by atoms with Crippen LogP contribution in [0, 0.1) is 11.8 Å². The van der Waals surface area contributed by atoms with Gasteiger partial charge in [0.15, 0.2) is 5.78 Å². The third-order valence-electron chi connectivity index (χ3n) is 4.14. The van der Waals surface area contributed by atoms with E-state index in [0.29, 0.717) is 12.0 Å². The van der Waals surface area contributed by atoms with Crippen LogP contribution in [-0.2, 0) is 0 Å². The number of nitrogens with two attached hydrogens (primary N) is 1. The van der Waals surface area contributed by atoms with Gasteiger partial charge < -0.3 is 11.1 Å². The van der Waals surface area contributed by atoms with Crippen molar-refractivity contribution in [3.63, 3.8) is 0 Å². The Morgan fingerprint density at radius 3 is 2.53 bits per heavy atom. The third-order valence-corrected chi connectivity index (χ3v) is 5.31. The van der Waals surface area contributed by atoms with Gasteiger partial charge in [-0.3, -0.25) is 4.79 Å². The van der Waals surface area contributed by atoms with Crippen LogP contribution in [0.5, 0.6) is 0 Å². The van der Waals surface area contributed by atoms with E-state index in [0.717, 1.165) is 16.5 Å². The molecule has 2 unspecified atom stereocenters. The van der Waals surface area contributed by atoms with Crippen molar-refractivity contribution < 1.29 is 4.79 Å². The van der Waals surface area contributed by atoms with Crippen LogP contribution in [0.4, 0.5) is 10.7 Å². The van der Waals surface area contributed by atoms with Gasteiger partial charge in [-0.1, -0.05) is 20.8 Å². The number of anilines is 2. The van der Waals surface area contributed by atoms with Gasteiger partial charge in [-0.05, 0) is 31.1 Å². The zero-order chi connectivity index (χ0) is 13.7. The second kappa shape index (κ2) is 4.51. The lowest BCUT2D eigenvalue weighted by molar-refractivity contribution is 0.0944. The number of hydrogen-bond acceptors (Lipinski definition) is 4. The van der Waals surface area contributed by atoms with E-state index in [9.17, 15) is 4.79 Å². The van der Waals surface area contributed by atoms with E-state index in [1.165, 1.54) is 29.8 Å². The van der Waals surface area contributed by atoms with Crippen molar-refractivity contribution in [2.24, 2.45) is 11.8 Å². The molecule has 3 nitrogen and oxygen atoms in total. The summed E-state index contributed by atoms with van der Waals surface area (Å²) >= 11 is 1.58. The molecular formula is C15H22N2OS. The molecule has 4 heteroatoms. The topological polar surface area (TPSA) is 55.1 Å². The van der Waals surface area contributed by atoms with Gasteiger partial charge in [-0.2, -0.15) is 0 Å². The Bertz CT molecular complexity index is 516. The van der Waals surface area contributed by atoms with E-state index in [2.05, 4.69) is 12.2 Å². The lowest BCUT2D eigenvalue weighted by Crippen LogP contribution is -2.08. The summed E-state index contributed by atoms with van der Waals surface area (Å²) in [6, 6.07) is 0.581. The molecule has 0 radical (unpaired) electrons. The molecule has 1 aromatic heterocycles. The van der Waals surface area contributed by atoms with Gasteiger partial charge in [0.2, 0.25) is 0 Å². The highest BCUT2D eigenvalue weighted by Crippen LogP contribution is 2.52. The summed E-state index contributed by atoms with van der Waals surface area (Å²) in [5.41, 5.74) is 8.25. The first-order valence-corrected chi connectivity index (χ1v) is 8.03. The second-order valence-electron chi connectivity index (χ2n) is 6.34. The first-order chi connectivity index (χ1) is 8.99. The number of rotatable bonds is 5.